The van der Waals surface area contributed by atoms with E-state index in [-0.39, 0.29) is 6.09 Å². The van der Waals surface area contributed by atoms with Crippen molar-refractivity contribution in [2.75, 3.05) is 20.1 Å². The lowest BCUT2D eigenvalue weighted by molar-refractivity contribution is 0.0226. The summed E-state index contributed by atoms with van der Waals surface area (Å²) in [6, 6.07) is 0. The van der Waals surface area contributed by atoms with Crippen molar-refractivity contribution in [2.45, 2.75) is 138 Å². The lowest BCUT2D eigenvalue weighted by Gasteiger charge is -2.29. The Labute approximate surface area is 271 Å². The van der Waals surface area contributed by atoms with Gasteiger partial charge in [0.15, 0.2) is 0 Å². The highest BCUT2D eigenvalue weighted by molar-refractivity contribution is 6.05. The molecule has 0 radical (unpaired) electrons. The van der Waals surface area contributed by atoms with E-state index in [1.807, 2.05) is 32.7 Å². The number of ether oxygens (including phenoxy) is 1. The van der Waals surface area contributed by atoms with Crippen molar-refractivity contribution in [1.82, 2.24) is 4.90 Å². The van der Waals surface area contributed by atoms with Crippen LogP contribution in [-0.2, 0) is 4.74 Å². The first-order valence-electron chi connectivity index (χ1n) is 17.3. The molecule has 0 atom stereocenters. The highest BCUT2D eigenvalue weighted by atomic mass is 16.6. The van der Waals surface area contributed by atoms with E-state index >= 15 is 0 Å². The van der Waals surface area contributed by atoms with Crippen LogP contribution in [0.25, 0.3) is 0 Å². The maximum absolute atomic E-state index is 13.0. The van der Waals surface area contributed by atoms with Gasteiger partial charge in [0.05, 0.1) is 0 Å². The van der Waals surface area contributed by atoms with Crippen molar-refractivity contribution in [3.05, 3.63) is 70.4 Å². The fraction of sp³-hybridized carbons (Fsp3) is 0.650. The number of hydrogen-bond donors (Lipinski definition) is 0. The van der Waals surface area contributed by atoms with Gasteiger partial charge in [-0.05, 0) is 127 Å². The zero-order chi connectivity index (χ0) is 32.9. The molecule has 0 aromatic carbocycles. The predicted octanol–water partition coefficient (Wildman–Crippen LogP) is 11.5. The lowest BCUT2D eigenvalue weighted by atomic mass is 9.82. The second-order valence-electron chi connectivity index (χ2n) is 14.6. The summed E-state index contributed by atoms with van der Waals surface area (Å²) < 4.78 is 5.73. The van der Waals surface area contributed by atoms with Crippen molar-refractivity contribution < 1.29 is 9.53 Å². The average Bonchev–Trinajstić information content (AvgIpc) is 3.22. The molecule has 0 aromatic heterocycles. The first-order valence-corrected chi connectivity index (χ1v) is 17.3. The van der Waals surface area contributed by atoms with E-state index in [0.717, 1.165) is 48.1 Å². The van der Waals surface area contributed by atoms with Crippen LogP contribution < -0.4 is 0 Å². The fourth-order valence-electron chi connectivity index (χ4n) is 6.48. The van der Waals surface area contributed by atoms with E-state index in [9.17, 15) is 4.79 Å². The Balaban J connectivity index is 2.52. The van der Waals surface area contributed by atoms with Gasteiger partial charge in [0, 0.05) is 31.4 Å². The summed E-state index contributed by atoms with van der Waals surface area (Å²) in [4.78, 5) is 19.6. The topological polar surface area (TPSA) is 41.9 Å². The SMILES string of the molecule is C=C(C)/C(C(=C)CCCN(CC(C)C)C(=O)OC(C)(C)C)=C(C(=C\C(C)=C/C1CCCCC1)/C1=CCCCCC1)\C(C)=N/C. The lowest BCUT2D eigenvalue weighted by Crippen LogP contribution is -2.39. The number of amides is 1. The quantitative estimate of drug-likeness (QED) is 0.155. The maximum atomic E-state index is 13.0. The number of allylic oxidation sites excluding steroid dienone is 10. The third kappa shape index (κ3) is 12.8. The van der Waals surface area contributed by atoms with Crippen LogP contribution in [0.5, 0.6) is 0 Å². The molecule has 4 heteroatoms. The van der Waals surface area contributed by atoms with Gasteiger partial charge >= 0.3 is 6.09 Å². The van der Waals surface area contributed by atoms with Gasteiger partial charge in [-0.3, -0.25) is 4.99 Å². The maximum Gasteiger partial charge on any atom is 0.410 e. The molecule has 44 heavy (non-hydrogen) atoms. The van der Waals surface area contributed by atoms with Crippen molar-refractivity contribution in [3.8, 4) is 0 Å². The summed E-state index contributed by atoms with van der Waals surface area (Å²) in [6.07, 6.45) is 21.3. The van der Waals surface area contributed by atoms with Crippen LogP contribution in [-0.4, -0.2) is 42.4 Å². The molecule has 0 heterocycles. The molecule has 1 fully saturated rings. The Hall–Kier alpha value is -2.62. The summed E-state index contributed by atoms with van der Waals surface area (Å²) >= 11 is 0. The van der Waals surface area contributed by atoms with Gasteiger partial charge in [-0.25, -0.2) is 4.79 Å². The van der Waals surface area contributed by atoms with E-state index < -0.39 is 5.60 Å². The molecule has 0 aliphatic heterocycles. The summed E-state index contributed by atoms with van der Waals surface area (Å²) in [7, 11) is 1.89. The third-order valence-corrected chi connectivity index (χ3v) is 8.55. The largest absolute Gasteiger partial charge is 0.444 e. The predicted molar refractivity (Wildman–Crippen MR) is 191 cm³/mol. The Kier molecular flexibility index (Phi) is 15.7. The monoisotopic (exact) mass is 604 g/mol. The van der Waals surface area contributed by atoms with Gasteiger partial charge in [-0.2, -0.15) is 0 Å². The number of nitrogens with zero attached hydrogens (tertiary/aromatic N) is 2. The summed E-state index contributed by atoms with van der Waals surface area (Å²) in [6.45, 7) is 26.9. The highest BCUT2D eigenvalue weighted by Gasteiger charge is 2.24. The first kappa shape index (κ1) is 37.6. The van der Waals surface area contributed by atoms with E-state index in [1.165, 1.54) is 73.7 Å². The number of hydrogen-bond acceptors (Lipinski definition) is 3. The molecular formula is C40H64N2O2. The number of carbonyl (C=O) groups excluding carboxylic acids is 1. The molecule has 0 spiro atoms. The molecule has 0 aromatic rings. The Morgan fingerprint density at radius 1 is 1.05 bits per heavy atom. The number of rotatable bonds is 13. The van der Waals surface area contributed by atoms with Crippen molar-refractivity contribution in [1.29, 1.82) is 0 Å². The van der Waals surface area contributed by atoms with E-state index in [1.54, 1.807) is 0 Å². The highest BCUT2D eigenvalue weighted by Crippen LogP contribution is 2.37. The molecule has 2 rings (SSSR count). The molecule has 2 aliphatic carbocycles. The summed E-state index contributed by atoms with van der Waals surface area (Å²) in [5.41, 5.74) is 8.89. The molecule has 2 aliphatic rings. The van der Waals surface area contributed by atoms with Gasteiger partial charge in [-0.15, -0.1) is 0 Å². The second-order valence-corrected chi connectivity index (χ2v) is 14.6. The van der Waals surface area contributed by atoms with Crippen molar-refractivity contribution in [2.24, 2.45) is 16.8 Å². The van der Waals surface area contributed by atoms with Gasteiger partial charge in [0.1, 0.15) is 5.60 Å². The summed E-state index contributed by atoms with van der Waals surface area (Å²) in [5.74, 6) is 1.03. The number of aliphatic imine (C=N–C) groups is 1. The van der Waals surface area contributed by atoms with Gasteiger partial charge < -0.3 is 9.64 Å². The molecule has 1 amide bonds. The van der Waals surface area contributed by atoms with Crippen LogP contribution in [0.4, 0.5) is 4.79 Å². The Morgan fingerprint density at radius 3 is 2.30 bits per heavy atom. The van der Waals surface area contributed by atoms with Crippen LogP contribution in [0.2, 0.25) is 0 Å². The standard InChI is InChI=1S/C40H64N2O2/c1-29(2)28-42(39(43)44-40(8,9)10)25-19-20-32(6)37(30(3)4)38(33(7)41-11)36(35-23-17-12-13-18-24-35)27-31(5)26-34-21-15-14-16-22-34/h23,26-27,29,34H,3,6,12-22,24-25,28H2,1-2,4-5,7-11H3/b31-26-,36-27-,38-37-,41-33-. The van der Waals surface area contributed by atoms with E-state index in [4.69, 9.17) is 9.73 Å². The molecule has 0 unspecified atom stereocenters. The van der Waals surface area contributed by atoms with E-state index in [0.29, 0.717) is 24.9 Å². The van der Waals surface area contributed by atoms with Crippen molar-refractivity contribution in [3.63, 3.8) is 0 Å². The van der Waals surface area contributed by atoms with E-state index in [2.05, 4.69) is 66.0 Å². The van der Waals surface area contributed by atoms with Crippen LogP contribution >= 0.6 is 0 Å². The minimum absolute atomic E-state index is 0.243. The molecule has 1 saturated carbocycles. The molecule has 0 saturated heterocycles. The normalized spacial score (nSPS) is 18.4. The minimum atomic E-state index is -0.517. The fourth-order valence-corrected chi connectivity index (χ4v) is 6.48. The second kappa shape index (κ2) is 18.4. The third-order valence-electron chi connectivity index (χ3n) is 8.55. The molecule has 0 N–H and O–H groups in total. The average molecular weight is 605 g/mol. The van der Waals surface area contributed by atoms with Crippen LogP contribution in [0.3, 0.4) is 0 Å². The number of carbonyl (C=O) groups is 1. The van der Waals surface area contributed by atoms with Crippen LogP contribution in [0.1, 0.15) is 132 Å². The van der Waals surface area contributed by atoms with Crippen LogP contribution in [0, 0.1) is 11.8 Å². The van der Waals surface area contributed by atoms with Crippen LogP contribution in [0.15, 0.2) is 75.4 Å². The molecule has 0 bridgehead atoms. The first-order chi connectivity index (χ1) is 20.7. The molecule has 4 nitrogen and oxygen atoms in total. The smallest absolute Gasteiger partial charge is 0.410 e. The zero-order valence-electron chi connectivity index (χ0n) is 29.9. The van der Waals surface area contributed by atoms with Gasteiger partial charge in [0.2, 0.25) is 0 Å². The Morgan fingerprint density at radius 2 is 1.70 bits per heavy atom. The summed E-state index contributed by atoms with van der Waals surface area (Å²) in [5, 5.41) is 0. The van der Waals surface area contributed by atoms with Gasteiger partial charge in [-0.1, -0.05) is 82.1 Å². The van der Waals surface area contributed by atoms with Gasteiger partial charge in [0.25, 0.3) is 0 Å². The molecular weight excluding hydrogens is 540 g/mol. The van der Waals surface area contributed by atoms with Crippen molar-refractivity contribution >= 4 is 11.8 Å². The zero-order valence-corrected chi connectivity index (χ0v) is 29.9. The molecule has 246 valence electrons. The Bertz CT molecular complexity index is 1150. The minimum Gasteiger partial charge on any atom is -0.444 e.